The van der Waals surface area contributed by atoms with Crippen molar-refractivity contribution in [2.24, 2.45) is 0 Å². The van der Waals surface area contributed by atoms with Crippen LogP contribution < -0.4 is 9.47 Å². The van der Waals surface area contributed by atoms with Gasteiger partial charge in [0.1, 0.15) is 0 Å². The summed E-state index contributed by atoms with van der Waals surface area (Å²) in [6.07, 6.45) is 0.872. The number of benzene rings is 1. The highest BCUT2D eigenvalue weighted by molar-refractivity contribution is 7.10. The van der Waals surface area contributed by atoms with Crippen LogP contribution in [0.2, 0.25) is 5.02 Å². The number of thiophene rings is 1. The summed E-state index contributed by atoms with van der Waals surface area (Å²) in [6.45, 7) is 1.30. The lowest BCUT2D eigenvalue weighted by molar-refractivity contribution is 0.297. The van der Waals surface area contributed by atoms with E-state index in [0.29, 0.717) is 24.0 Å². The van der Waals surface area contributed by atoms with Crippen molar-refractivity contribution in [1.29, 1.82) is 0 Å². The lowest BCUT2D eigenvalue weighted by atomic mass is 10.1. The second-order valence-corrected chi connectivity index (χ2v) is 6.07. The molecule has 2 nitrogen and oxygen atoms in total. The van der Waals surface area contributed by atoms with E-state index in [1.807, 2.05) is 23.6 Å². The van der Waals surface area contributed by atoms with Crippen LogP contribution in [0.4, 0.5) is 0 Å². The van der Waals surface area contributed by atoms with Crippen LogP contribution in [0.25, 0.3) is 0 Å². The highest BCUT2D eigenvalue weighted by Crippen LogP contribution is 2.42. The first-order chi connectivity index (χ1) is 9.25. The van der Waals surface area contributed by atoms with Gasteiger partial charge in [-0.05, 0) is 23.1 Å². The van der Waals surface area contributed by atoms with E-state index in [-0.39, 0.29) is 5.38 Å². The normalized spacial score (nSPS) is 15.9. The predicted octanol–water partition coefficient (Wildman–Crippen LogP) is 4.89. The molecule has 1 unspecified atom stereocenters. The number of ether oxygens (including phenoxy) is 2. The maximum atomic E-state index is 6.49. The number of hydrogen-bond donors (Lipinski definition) is 0. The van der Waals surface area contributed by atoms with Gasteiger partial charge in [0.05, 0.1) is 18.6 Å². The van der Waals surface area contributed by atoms with E-state index in [4.69, 9.17) is 32.7 Å². The molecule has 0 fully saturated rings. The largest absolute Gasteiger partial charge is 0.490 e. The van der Waals surface area contributed by atoms with Crippen LogP contribution in [0.1, 0.15) is 22.2 Å². The minimum atomic E-state index is -0.260. The third-order valence-electron chi connectivity index (χ3n) is 2.93. The fraction of sp³-hybridized carbons (Fsp3) is 0.286. The summed E-state index contributed by atoms with van der Waals surface area (Å²) < 4.78 is 11.3. The Kier molecular flexibility index (Phi) is 3.87. The average molecular weight is 315 g/mol. The lowest BCUT2D eigenvalue weighted by Crippen LogP contribution is -1.97. The van der Waals surface area contributed by atoms with Crippen LogP contribution in [0.5, 0.6) is 11.5 Å². The van der Waals surface area contributed by atoms with Crippen molar-refractivity contribution in [2.45, 2.75) is 11.8 Å². The minimum absolute atomic E-state index is 0.260. The summed E-state index contributed by atoms with van der Waals surface area (Å²) >= 11 is 14.4. The summed E-state index contributed by atoms with van der Waals surface area (Å²) in [5.41, 5.74) is 0.857. The monoisotopic (exact) mass is 314 g/mol. The maximum absolute atomic E-state index is 6.49. The van der Waals surface area contributed by atoms with Crippen LogP contribution in [0, 0.1) is 0 Å². The highest BCUT2D eigenvalue weighted by atomic mass is 35.5. The first-order valence-corrected chi connectivity index (χ1v) is 7.71. The molecule has 19 heavy (non-hydrogen) atoms. The standard InChI is InChI=1S/C14H12Cl2O2S/c15-10-8-12-11(17-4-2-5-18-12)7-9(10)14(16)13-3-1-6-19-13/h1,3,6-8,14H,2,4-5H2. The molecule has 0 radical (unpaired) electrons. The summed E-state index contributed by atoms with van der Waals surface area (Å²) in [5, 5.41) is 2.35. The Morgan fingerprint density at radius 2 is 1.89 bits per heavy atom. The Morgan fingerprint density at radius 3 is 2.58 bits per heavy atom. The molecule has 1 aromatic carbocycles. The Balaban J connectivity index is 2.00. The Labute approximate surface area is 125 Å². The molecule has 0 saturated heterocycles. The van der Waals surface area contributed by atoms with Gasteiger partial charge in [-0.15, -0.1) is 22.9 Å². The molecule has 1 aromatic heterocycles. The maximum Gasteiger partial charge on any atom is 0.162 e. The molecule has 0 aliphatic carbocycles. The second-order valence-electron chi connectivity index (χ2n) is 4.25. The van der Waals surface area contributed by atoms with E-state index in [0.717, 1.165) is 22.6 Å². The third kappa shape index (κ3) is 2.69. The van der Waals surface area contributed by atoms with Crippen LogP contribution >= 0.6 is 34.5 Å². The number of halogens is 2. The molecule has 0 N–H and O–H groups in total. The fourth-order valence-electron chi connectivity index (χ4n) is 1.98. The molecule has 3 rings (SSSR count). The van der Waals surface area contributed by atoms with Crippen molar-refractivity contribution >= 4 is 34.5 Å². The Morgan fingerprint density at radius 1 is 1.16 bits per heavy atom. The van der Waals surface area contributed by atoms with Crippen LogP contribution in [-0.2, 0) is 0 Å². The fourth-order valence-corrected chi connectivity index (χ4v) is 3.43. The zero-order valence-electron chi connectivity index (χ0n) is 10.1. The van der Waals surface area contributed by atoms with Crippen molar-refractivity contribution in [2.75, 3.05) is 13.2 Å². The van der Waals surface area contributed by atoms with Gasteiger partial charge in [0.2, 0.25) is 0 Å². The van der Waals surface area contributed by atoms with Gasteiger partial charge in [0, 0.05) is 22.4 Å². The predicted molar refractivity (Wildman–Crippen MR) is 79.1 cm³/mol. The van der Waals surface area contributed by atoms with E-state index in [9.17, 15) is 0 Å². The molecule has 1 aliphatic heterocycles. The van der Waals surface area contributed by atoms with Gasteiger partial charge >= 0.3 is 0 Å². The number of fused-ring (bicyclic) bond motifs is 1. The quantitative estimate of drug-likeness (QED) is 0.735. The molecule has 5 heteroatoms. The highest BCUT2D eigenvalue weighted by Gasteiger charge is 2.20. The molecule has 0 amide bonds. The van der Waals surface area contributed by atoms with Gasteiger partial charge in [-0.2, -0.15) is 0 Å². The first kappa shape index (κ1) is 13.1. The summed E-state index contributed by atoms with van der Waals surface area (Å²) in [7, 11) is 0. The van der Waals surface area contributed by atoms with Crippen molar-refractivity contribution in [3.8, 4) is 11.5 Å². The number of hydrogen-bond acceptors (Lipinski definition) is 3. The Hall–Kier alpha value is -0.900. The molecule has 1 atom stereocenters. The van der Waals surface area contributed by atoms with Crippen LogP contribution in [0.15, 0.2) is 29.6 Å². The van der Waals surface area contributed by atoms with Crippen molar-refractivity contribution in [3.63, 3.8) is 0 Å². The van der Waals surface area contributed by atoms with E-state index < -0.39 is 0 Å². The molecule has 2 aromatic rings. The lowest BCUT2D eigenvalue weighted by Gasteiger charge is -2.14. The second kappa shape index (κ2) is 5.61. The molecule has 0 bridgehead atoms. The van der Waals surface area contributed by atoms with Crippen molar-refractivity contribution < 1.29 is 9.47 Å². The van der Waals surface area contributed by atoms with Gasteiger partial charge in [0.25, 0.3) is 0 Å². The van der Waals surface area contributed by atoms with Crippen LogP contribution in [0.3, 0.4) is 0 Å². The molecule has 0 spiro atoms. The number of alkyl halides is 1. The van der Waals surface area contributed by atoms with Gasteiger partial charge in [0.15, 0.2) is 11.5 Å². The molecule has 2 heterocycles. The summed E-state index contributed by atoms with van der Waals surface area (Å²) in [4.78, 5) is 1.07. The zero-order chi connectivity index (χ0) is 13.2. The van der Waals surface area contributed by atoms with Crippen molar-refractivity contribution in [1.82, 2.24) is 0 Å². The molecular weight excluding hydrogens is 303 g/mol. The van der Waals surface area contributed by atoms with Crippen molar-refractivity contribution in [3.05, 3.63) is 45.1 Å². The van der Waals surface area contributed by atoms with Gasteiger partial charge in [-0.3, -0.25) is 0 Å². The van der Waals surface area contributed by atoms with E-state index in [1.54, 1.807) is 17.4 Å². The Bertz CT molecular complexity index is 569. The molecule has 100 valence electrons. The smallest absolute Gasteiger partial charge is 0.162 e. The zero-order valence-corrected chi connectivity index (χ0v) is 12.4. The SMILES string of the molecule is Clc1cc2c(cc1C(Cl)c1cccs1)OCCCO2. The number of rotatable bonds is 2. The molecular formula is C14H12Cl2O2S. The molecule has 0 saturated carbocycles. The van der Waals surface area contributed by atoms with Gasteiger partial charge in [-0.1, -0.05) is 17.7 Å². The molecule has 1 aliphatic rings. The summed E-state index contributed by atoms with van der Waals surface area (Å²) in [6, 6.07) is 7.66. The van der Waals surface area contributed by atoms with E-state index in [1.165, 1.54) is 0 Å². The van der Waals surface area contributed by atoms with Crippen LogP contribution in [-0.4, -0.2) is 13.2 Å². The van der Waals surface area contributed by atoms with E-state index >= 15 is 0 Å². The van der Waals surface area contributed by atoms with Gasteiger partial charge < -0.3 is 9.47 Å². The average Bonchev–Trinajstić information content (AvgIpc) is 2.84. The third-order valence-corrected chi connectivity index (χ3v) is 4.80. The van der Waals surface area contributed by atoms with Gasteiger partial charge in [-0.25, -0.2) is 0 Å². The topological polar surface area (TPSA) is 18.5 Å². The minimum Gasteiger partial charge on any atom is -0.490 e. The van der Waals surface area contributed by atoms with E-state index in [2.05, 4.69) is 0 Å². The summed E-state index contributed by atoms with van der Waals surface area (Å²) in [5.74, 6) is 1.42. The first-order valence-electron chi connectivity index (χ1n) is 6.02.